The van der Waals surface area contributed by atoms with Gasteiger partial charge in [-0.05, 0) is 50.4 Å². The molecule has 1 aromatic carbocycles. The van der Waals surface area contributed by atoms with Crippen molar-refractivity contribution in [2.75, 3.05) is 13.6 Å². The number of carbonyl (C=O) groups excluding carboxylic acids is 1. The standard InChI is InChI=1S/C17H24ClNO/c1-12-7-8-17(20)15(9-12)11-19(3)13(2)14-5-4-6-16(18)10-14/h4-6,10,12-13,15H,7-9,11H2,1-3H3. The van der Waals surface area contributed by atoms with Crippen LogP contribution < -0.4 is 0 Å². The van der Waals surface area contributed by atoms with Gasteiger partial charge in [-0.3, -0.25) is 9.69 Å². The molecule has 0 aliphatic heterocycles. The van der Waals surface area contributed by atoms with Gasteiger partial charge in [-0.1, -0.05) is 30.7 Å². The summed E-state index contributed by atoms with van der Waals surface area (Å²) in [6, 6.07) is 8.26. The van der Waals surface area contributed by atoms with Crippen molar-refractivity contribution in [3.63, 3.8) is 0 Å². The molecule has 1 saturated carbocycles. The Hall–Kier alpha value is -0.860. The lowest BCUT2D eigenvalue weighted by atomic mass is 9.81. The van der Waals surface area contributed by atoms with E-state index in [2.05, 4.69) is 31.9 Å². The predicted molar refractivity (Wildman–Crippen MR) is 84.0 cm³/mol. The van der Waals surface area contributed by atoms with Crippen molar-refractivity contribution in [3.8, 4) is 0 Å². The smallest absolute Gasteiger partial charge is 0.137 e. The molecule has 0 bridgehead atoms. The largest absolute Gasteiger partial charge is 0.299 e. The van der Waals surface area contributed by atoms with Gasteiger partial charge in [-0.15, -0.1) is 0 Å². The number of hydrogen-bond acceptors (Lipinski definition) is 2. The van der Waals surface area contributed by atoms with Gasteiger partial charge in [-0.25, -0.2) is 0 Å². The van der Waals surface area contributed by atoms with Crippen molar-refractivity contribution in [2.45, 2.75) is 39.2 Å². The first kappa shape index (κ1) is 15.5. The van der Waals surface area contributed by atoms with E-state index in [4.69, 9.17) is 11.6 Å². The molecule has 2 rings (SSSR count). The summed E-state index contributed by atoms with van der Waals surface area (Å²) >= 11 is 6.06. The van der Waals surface area contributed by atoms with Gasteiger partial charge in [-0.2, -0.15) is 0 Å². The molecule has 0 radical (unpaired) electrons. The molecular formula is C17H24ClNO. The monoisotopic (exact) mass is 293 g/mol. The van der Waals surface area contributed by atoms with E-state index in [1.807, 2.05) is 18.2 Å². The number of benzene rings is 1. The van der Waals surface area contributed by atoms with Crippen LogP contribution >= 0.6 is 11.6 Å². The topological polar surface area (TPSA) is 20.3 Å². The maximum atomic E-state index is 12.0. The van der Waals surface area contributed by atoms with Crippen molar-refractivity contribution < 1.29 is 4.79 Å². The van der Waals surface area contributed by atoms with Crippen LogP contribution in [0.2, 0.25) is 5.02 Å². The second-order valence-corrected chi connectivity index (χ2v) is 6.65. The maximum absolute atomic E-state index is 12.0. The molecule has 1 aromatic rings. The van der Waals surface area contributed by atoms with Gasteiger partial charge >= 0.3 is 0 Å². The summed E-state index contributed by atoms with van der Waals surface area (Å²) in [6.45, 7) is 5.26. The number of hydrogen-bond donors (Lipinski definition) is 0. The molecule has 3 unspecified atom stereocenters. The molecule has 0 N–H and O–H groups in total. The Morgan fingerprint density at radius 1 is 1.45 bits per heavy atom. The molecule has 1 fully saturated rings. The average molecular weight is 294 g/mol. The van der Waals surface area contributed by atoms with Gasteiger partial charge in [0.25, 0.3) is 0 Å². The van der Waals surface area contributed by atoms with E-state index < -0.39 is 0 Å². The highest BCUT2D eigenvalue weighted by Crippen LogP contribution is 2.29. The molecule has 110 valence electrons. The lowest BCUT2D eigenvalue weighted by Gasteiger charge is -2.32. The van der Waals surface area contributed by atoms with Crippen molar-refractivity contribution in [1.29, 1.82) is 0 Å². The number of rotatable bonds is 4. The lowest BCUT2D eigenvalue weighted by molar-refractivity contribution is -0.126. The van der Waals surface area contributed by atoms with E-state index >= 15 is 0 Å². The fourth-order valence-corrected chi connectivity index (χ4v) is 3.23. The third-order valence-corrected chi connectivity index (χ3v) is 4.76. The van der Waals surface area contributed by atoms with E-state index in [1.54, 1.807) is 0 Å². The van der Waals surface area contributed by atoms with Crippen LogP contribution in [0.5, 0.6) is 0 Å². The van der Waals surface area contributed by atoms with E-state index in [-0.39, 0.29) is 12.0 Å². The van der Waals surface area contributed by atoms with E-state index in [1.165, 1.54) is 5.56 Å². The Morgan fingerprint density at radius 2 is 2.20 bits per heavy atom. The highest BCUT2D eigenvalue weighted by Gasteiger charge is 2.28. The second-order valence-electron chi connectivity index (χ2n) is 6.21. The molecule has 0 amide bonds. The average Bonchev–Trinajstić information content (AvgIpc) is 2.42. The van der Waals surface area contributed by atoms with Crippen molar-refractivity contribution in [2.24, 2.45) is 11.8 Å². The first-order chi connectivity index (χ1) is 9.47. The van der Waals surface area contributed by atoms with Gasteiger partial charge in [0.15, 0.2) is 0 Å². The Kier molecular flexibility index (Phi) is 5.22. The van der Waals surface area contributed by atoms with Crippen LogP contribution in [0.4, 0.5) is 0 Å². The molecule has 0 aromatic heterocycles. The number of Topliss-reactive ketones (excluding diaryl/α,β-unsaturated/α-hetero) is 1. The molecule has 20 heavy (non-hydrogen) atoms. The molecule has 1 aliphatic rings. The summed E-state index contributed by atoms with van der Waals surface area (Å²) in [6.07, 6.45) is 2.85. The minimum atomic E-state index is 0.199. The Bertz CT molecular complexity index is 474. The second kappa shape index (κ2) is 6.73. The van der Waals surface area contributed by atoms with E-state index in [0.29, 0.717) is 11.7 Å². The normalized spacial score (nSPS) is 24.9. The quantitative estimate of drug-likeness (QED) is 0.823. The van der Waals surface area contributed by atoms with Crippen LogP contribution in [0.15, 0.2) is 24.3 Å². The van der Waals surface area contributed by atoms with Crippen LogP contribution in [0.25, 0.3) is 0 Å². The summed E-state index contributed by atoms with van der Waals surface area (Å²) in [5.41, 5.74) is 1.20. The van der Waals surface area contributed by atoms with Crippen LogP contribution in [0.3, 0.4) is 0 Å². The third-order valence-electron chi connectivity index (χ3n) is 4.53. The number of carbonyl (C=O) groups is 1. The van der Waals surface area contributed by atoms with Crippen molar-refractivity contribution in [3.05, 3.63) is 34.9 Å². The van der Waals surface area contributed by atoms with Gasteiger partial charge in [0.1, 0.15) is 5.78 Å². The third kappa shape index (κ3) is 3.83. The lowest BCUT2D eigenvalue weighted by Crippen LogP contribution is -2.35. The molecule has 2 nitrogen and oxygen atoms in total. The summed E-state index contributed by atoms with van der Waals surface area (Å²) in [5, 5.41) is 0.769. The van der Waals surface area contributed by atoms with Gasteiger partial charge in [0.05, 0.1) is 0 Å². The summed E-state index contributed by atoms with van der Waals surface area (Å²) < 4.78 is 0. The van der Waals surface area contributed by atoms with Crippen LogP contribution in [0, 0.1) is 11.8 Å². The zero-order valence-electron chi connectivity index (χ0n) is 12.6. The molecular weight excluding hydrogens is 270 g/mol. The minimum Gasteiger partial charge on any atom is -0.299 e. The minimum absolute atomic E-state index is 0.199. The van der Waals surface area contributed by atoms with Gasteiger partial charge < -0.3 is 0 Å². The van der Waals surface area contributed by atoms with Crippen LogP contribution in [-0.2, 0) is 4.79 Å². The highest BCUT2D eigenvalue weighted by molar-refractivity contribution is 6.30. The zero-order valence-corrected chi connectivity index (χ0v) is 13.4. The SMILES string of the molecule is CC1CCC(=O)C(CN(C)C(C)c2cccc(Cl)c2)C1. The molecule has 3 heteroatoms. The highest BCUT2D eigenvalue weighted by atomic mass is 35.5. The fourth-order valence-electron chi connectivity index (χ4n) is 3.03. The Balaban J connectivity index is 2.00. The van der Waals surface area contributed by atoms with Crippen LogP contribution in [-0.4, -0.2) is 24.3 Å². The summed E-state index contributed by atoms with van der Waals surface area (Å²) in [5.74, 6) is 1.31. The summed E-state index contributed by atoms with van der Waals surface area (Å²) in [7, 11) is 2.10. The van der Waals surface area contributed by atoms with Gasteiger partial charge in [0, 0.05) is 29.9 Å². The predicted octanol–water partition coefficient (Wildman–Crippen LogP) is 4.34. The molecule has 3 atom stereocenters. The number of halogens is 1. The zero-order chi connectivity index (χ0) is 14.7. The van der Waals surface area contributed by atoms with Crippen molar-refractivity contribution in [1.82, 2.24) is 4.90 Å². The Labute approximate surface area is 127 Å². The summed E-state index contributed by atoms with van der Waals surface area (Å²) in [4.78, 5) is 14.3. The van der Waals surface area contributed by atoms with Gasteiger partial charge in [0.2, 0.25) is 0 Å². The molecule has 1 aliphatic carbocycles. The first-order valence-corrected chi connectivity index (χ1v) is 7.83. The Morgan fingerprint density at radius 3 is 2.90 bits per heavy atom. The number of ketones is 1. The molecule has 0 spiro atoms. The first-order valence-electron chi connectivity index (χ1n) is 7.45. The molecule has 0 saturated heterocycles. The van der Waals surface area contributed by atoms with E-state index in [9.17, 15) is 4.79 Å². The number of nitrogens with zero attached hydrogens (tertiary/aromatic N) is 1. The fraction of sp³-hybridized carbons (Fsp3) is 0.588. The molecule has 0 heterocycles. The van der Waals surface area contributed by atoms with Crippen molar-refractivity contribution >= 4 is 17.4 Å². The van der Waals surface area contributed by atoms with Crippen LogP contribution in [0.1, 0.15) is 44.7 Å². The maximum Gasteiger partial charge on any atom is 0.137 e. The van der Waals surface area contributed by atoms with E-state index in [0.717, 1.165) is 30.8 Å².